The van der Waals surface area contributed by atoms with Gasteiger partial charge in [-0.05, 0) is 66.9 Å². The molecule has 0 bridgehead atoms. The molecule has 0 aromatic heterocycles. The second kappa shape index (κ2) is 7.96. The number of ether oxygens (including phenoxy) is 2. The number of carbonyl (C=O) groups excluding carboxylic acids is 1. The highest BCUT2D eigenvalue weighted by Gasteiger charge is 2.26. The summed E-state index contributed by atoms with van der Waals surface area (Å²) in [6.07, 6.45) is 1.99. The monoisotopic (exact) mass is 370 g/mol. The van der Waals surface area contributed by atoms with Crippen molar-refractivity contribution in [3.8, 4) is 5.75 Å². The topological polar surface area (TPSA) is 50.8 Å². The van der Waals surface area contributed by atoms with Gasteiger partial charge in [-0.2, -0.15) is 0 Å². The van der Waals surface area contributed by atoms with Crippen molar-refractivity contribution >= 4 is 11.8 Å². The second-order valence-corrected chi connectivity index (χ2v) is 6.83. The zero-order chi connectivity index (χ0) is 18.6. The van der Waals surface area contributed by atoms with Gasteiger partial charge in [-0.3, -0.25) is 4.90 Å². The molecule has 2 aromatic carbocycles. The van der Waals surface area contributed by atoms with Crippen molar-refractivity contribution in [3.63, 3.8) is 0 Å². The van der Waals surface area contributed by atoms with Crippen molar-refractivity contribution in [2.24, 2.45) is 0 Å². The minimum atomic E-state index is -0.386. The molecule has 0 radical (unpaired) electrons. The van der Waals surface area contributed by atoms with E-state index >= 15 is 0 Å². The Bertz CT molecular complexity index is 840. The lowest BCUT2D eigenvalue weighted by molar-refractivity contribution is 0.151. The number of anilines is 1. The Balaban J connectivity index is 1.45. The second-order valence-electron chi connectivity index (χ2n) is 6.83. The standard InChI is InChI=1S/C21H23FN2O3/c22-18-3-1-2-15(12-18)6-10-27-21(25)24-9-11-26-20-14-17-5-8-23-7-4-16(17)13-19(20)24/h1-3,12-14,23H,4-11H2. The van der Waals surface area contributed by atoms with Crippen LogP contribution in [0.15, 0.2) is 36.4 Å². The quantitative estimate of drug-likeness (QED) is 0.902. The molecule has 2 aromatic rings. The SMILES string of the molecule is O=C(OCCc1cccc(F)c1)N1CCOc2cc3c(cc21)CCNCC3. The fourth-order valence-electron chi connectivity index (χ4n) is 3.60. The minimum Gasteiger partial charge on any atom is -0.490 e. The summed E-state index contributed by atoms with van der Waals surface area (Å²) in [7, 11) is 0. The van der Waals surface area contributed by atoms with Crippen LogP contribution in [0.1, 0.15) is 16.7 Å². The average molecular weight is 370 g/mol. The van der Waals surface area contributed by atoms with E-state index in [1.807, 2.05) is 6.07 Å². The Labute approximate surface area is 158 Å². The molecule has 27 heavy (non-hydrogen) atoms. The summed E-state index contributed by atoms with van der Waals surface area (Å²) in [5.41, 5.74) is 4.11. The van der Waals surface area contributed by atoms with Crippen molar-refractivity contribution in [2.75, 3.05) is 37.7 Å². The number of hydrogen-bond donors (Lipinski definition) is 1. The van der Waals surface area contributed by atoms with E-state index in [4.69, 9.17) is 9.47 Å². The van der Waals surface area contributed by atoms with Crippen LogP contribution in [-0.2, 0) is 24.0 Å². The van der Waals surface area contributed by atoms with Crippen LogP contribution in [0.2, 0.25) is 0 Å². The lowest BCUT2D eigenvalue weighted by atomic mass is 10.0. The summed E-state index contributed by atoms with van der Waals surface area (Å²) >= 11 is 0. The first-order valence-electron chi connectivity index (χ1n) is 9.39. The molecule has 1 amide bonds. The van der Waals surface area contributed by atoms with Gasteiger partial charge in [0.2, 0.25) is 0 Å². The van der Waals surface area contributed by atoms with Crippen LogP contribution in [-0.4, -0.2) is 38.9 Å². The van der Waals surface area contributed by atoms with Gasteiger partial charge in [0.15, 0.2) is 0 Å². The van der Waals surface area contributed by atoms with Crippen molar-refractivity contribution < 1.29 is 18.7 Å². The molecule has 0 fully saturated rings. The summed E-state index contributed by atoms with van der Waals surface area (Å²) in [5, 5.41) is 3.39. The summed E-state index contributed by atoms with van der Waals surface area (Å²) in [4.78, 5) is 14.3. The Hall–Kier alpha value is -2.60. The molecule has 0 aliphatic carbocycles. The van der Waals surface area contributed by atoms with Gasteiger partial charge in [-0.1, -0.05) is 12.1 Å². The summed E-state index contributed by atoms with van der Waals surface area (Å²) in [6, 6.07) is 10.5. The van der Waals surface area contributed by atoms with Crippen LogP contribution in [0.5, 0.6) is 5.75 Å². The first-order valence-corrected chi connectivity index (χ1v) is 9.39. The van der Waals surface area contributed by atoms with Crippen molar-refractivity contribution in [3.05, 3.63) is 58.9 Å². The highest BCUT2D eigenvalue weighted by atomic mass is 19.1. The molecule has 0 saturated heterocycles. The maximum Gasteiger partial charge on any atom is 0.414 e. The van der Waals surface area contributed by atoms with Gasteiger partial charge in [0, 0.05) is 6.42 Å². The van der Waals surface area contributed by atoms with Gasteiger partial charge in [-0.15, -0.1) is 0 Å². The molecule has 6 heteroatoms. The predicted molar refractivity (Wildman–Crippen MR) is 101 cm³/mol. The van der Waals surface area contributed by atoms with Crippen LogP contribution < -0.4 is 15.0 Å². The van der Waals surface area contributed by atoms with Crippen molar-refractivity contribution in [2.45, 2.75) is 19.3 Å². The highest BCUT2D eigenvalue weighted by Crippen LogP contribution is 2.35. The fraction of sp³-hybridized carbons (Fsp3) is 0.381. The highest BCUT2D eigenvalue weighted by molar-refractivity contribution is 5.90. The molecule has 0 saturated carbocycles. The summed E-state index contributed by atoms with van der Waals surface area (Å²) in [6.45, 7) is 3.01. The number of nitrogens with zero attached hydrogens (tertiary/aromatic N) is 1. The van der Waals surface area contributed by atoms with E-state index < -0.39 is 0 Å². The van der Waals surface area contributed by atoms with Gasteiger partial charge in [0.05, 0.1) is 18.8 Å². The molecule has 0 unspecified atom stereocenters. The van der Waals surface area contributed by atoms with Crippen molar-refractivity contribution in [1.82, 2.24) is 5.32 Å². The Morgan fingerprint density at radius 1 is 1.19 bits per heavy atom. The van der Waals surface area contributed by atoms with Gasteiger partial charge >= 0.3 is 6.09 Å². The third-order valence-corrected chi connectivity index (χ3v) is 5.01. The van der Waals surface area contributed by atoms with E-state index in [0.29, 0.717) is 19.6 Å². The van der Waals surface area contributed by atoms with Gasteiger partial charge in [0.25, 0.3) is 0 Å². The lowest BCUT2D eigenvalue weighted by Crippen LogP contribution is -2.38. The Kier molecular flexibility index (Phi) is 5.25. The minimum absolute atomic E-state index is 0.212. The van der Waals surface area contributed by atoms with Gasteiger partial charge < -0.3 is 14.8 Å². The molecule has 2 heterocycles. The molecule has 2 aliphatic heterocycles. The molecule has 5 nitrogen and oxygen atoms in total. The van der Waals surface area contributed by atoms with E-state index in [9.17, 15) is 9.18 Å². The number of amides is 1. The van der Waals surface area contributed by atoms with Crippen molar-refractivity contribution in [1.29, 1.82) is 0 Å². The number of nitrogens with one attached hydrogen (secondary N) is 1. The van der Waals surface area contributed by atoms with Crippen LogP contribution in [0, 0.1) is 5.82 Å². The Morgan fingerprint density at radius 3 is 2.81 bits per heavy atom. The molecule has 1 N–H and O–H groups in total. The third kappa shape index (κ3) is 4.06. The maximum atomic E-state index is 13.2. The van der Waals surface area contributed by atoms with Crippen LogP contribution in [0.3, 0.4) is 0 Å². The number of hydrogen-bond acceptors (Lipinski definition) is 4. The predicted octanol–water partition coefficient (Wildman–Crippen LogP) is 3.09. The summed E-state index contributed by atoms with van der Waals surface area (Å²) in [5.74, 6) is 0.458. The molecule has 2 aliphatic rings. The van der Waals surface area contributed by atoms with Crippen LogP contribution >= 0.6 is 0 Å². The first-order chi connectivity index (χ1) is 13.2. The van der Waals surface area contributed by atoms with E-state index in [2.05, 4.69) is 17.4 Å². The zero-order valence-electron chi connectivity index (χ0n) is 15.2. The van der Waals surface area contributed by atoms with E-state index in [-0.39, 0.29) is 18.5 Å². The van der Waals surface area contributed by atoms with E-state index in [1.54, 1.807) is 11.0 Å². The molecule has 4 rings (SSSR count). The molecular formula is C21H23FN2O3. The average Bonchev–Trinajstić information content (AvgIpc) is 2.90. The van der Waals surface area contributed by atoms with Crippen LogP contribution in [0.25, 0.3) is 0 Å². The molecule has 0 atom stereocenters. The summed E-state index contributed by atoms with van der Waals surface area (Å²) < 4.78 is 24.5. The zero-order valence-corrected chi connectivity index (χ0v) is 15.2. The number of benzene rings is 2. The Morgan fingerprint density at radius 2 is 2.00 bits per heavy atom. The van der Waals surface area contributed by atoms with E-state index in [1.165, 1.54) is 23.3 Å². The molecule has 0 spiro atoms. The first kappa shape index (κ1) is 17.8. The number of rotatable bonds is 3. The smallest absolute Gasteiger partial charge is 0.414 e. The van der Waals surface area contributed by atoms with Gasteiger partial charge in [0.1, 0.15) is 18.2 Å². The van der Waals surface area contributed by atoms with E-state index in [0.717, 1.165) is 42.9 Å². The fourth-order valence-corrected chi connectivity index (χ4v) is 3.60. The lowest BCUT2D eigenvalue weighted by Gasteiger charge is -2.30. The third-order valence-electron chi connectivity index (χ3n) is 5.01. The number of fused-ring (bicyclic) bond motifs is 2. The number of carbonyl (C=O) groups is 1. The largest absolute Gasteiger partial charge is 0.490 e. The molecule has 142 valence electrons. The molecular weight excluding hydrogens is 347 g/mol. The maximum absolute atomic E-state index is 13.2. The number of halogens is 1. The van der Waals surface area contributed by atoms with Gasteiger partial charge in [-0.25, -0.2) is 9.18 Å². The normalized spacial score (nSPS) is 16.0. The van der Waals surface area contributed by atoms with Crippen LogP contribution in [0.4, 0.5) is 14.9 Å².